The monoisotopic (exact) mass is 428 g/mol. The maximum atomic E-state index is 10.5. The summed E-state index contributed by atoms with van der Waals surface area (Å²) in [6.45, 7) is 3.68. The molecule has 0 aromatic heterocycles. The molecule has 2 aliphatic rings. The Bertz CT molecular complexity index is 1020. The Morgan fingerprint density at radius 3 is 2.38 bits per heavy atom. The van der Waals surface area contributed by atoms with E-state index in [2.05, 4.69) is 76.9 Å². The maximum absolute atomic E-state index is 10.5. The zero-order valence-electron chi connectivity index (χ0n) is 18.5. The summed E-state index contributed by atoms with van der Waals surface area (Å²) in [5, 5.41) is 14.2. The third kappa shape index (κ3) is 5.04. The molecule has 166 valence electrons. The Labute approximate surface area is 190 Å². The lowest BCUT2D eigenvalue weighted by atomic mass is 10.00. The predicted octanol–water partition coefficient (Wildman–Crippen LogP) is 4.26. The number of benzene rings is 3. The van der Waals surface area contributed by atoms with E-state index in [1.54, 1.807) is 0 Å². The zero-order valence-corrected chi connectivity index (χ0v) is 18.5. The van der Waals surface area contributed by atoms with Gasteiger partial charge >= 0.3 is 0 Å². The van der Waals surface area contributed by atoms with Crippen molar-refractivity contribution in [3.05, 3.63) is 101 Å². The summed E-state index contributed by atoms with van der Waals surface area (Å²) in [5.74, 6) is 0.806. The standard InChI is InChI=1S/C28H32N2O2/c31-26(20-30-17-14-23-6-4-5-7-24(23)19-30)21-32-27-12-10-22(11-13-27)18-29-28(15-16-28)25-8-2-1-3-9-25/h1-13,26,29,31H,14-21H2. The van der Waals surface area contributed by atoms with Crippen molar-refractivity contribution < 1.29 is 9.84 Å². The van der Waals surface area contributed by atoms with Gasteiger partial charge < -0.3 is 15.2 Å². The summed E-state index contributed by atoms with van der Waals surface area (Å²) in [7, 11) is 0. The van der Waals surface area contributed by atoms with Gasteiger partial charge in [0.05, 0.1) is 0 Å². The Kier molecular flexibility index (Phi) is 6.26. The van der Waals surface area contributed by atoms with E-state index in [9.17, 15) is 5.11 Å². The van der Waals surface area contributed by atoms with E-state index in [0.29, 0.717) is 13.2 Å². The summed E-state index contributed by atoms with van der Waals surface area (Å²) in [5.41, 5.74) is 5.57. The van der Waals surface area contributed by atoms with E-state index in [1.807, 2.05) is 12.1 Å². The highest BCUT2D eigenvalue weighted by molar-refractivity contribution is 5.32. The number of β-amino-alcohol motifs (C(OH)–C–C–N with tert-alkyl or cyclic N) is 1. The first kappa shape index (κ1) is 21.2. The zero-order chi connectivity index (χ0) is 21.8. The van der Waals surface area contributed by atoms with Crippen LogP contribution in [0.2, 0.25) is 0 Å². The molecule has 4 nitrogen and oxygen atoms in total. The Hall–Kier alpha value is -2.66. The molecule has 2 N–H and O–H groups in total. The van der Waals surface area contributed by atoms with Gasteiger partial charge in [-0.1, -0.05) is 66.7 Å². The lowest BCUT2D eigenvalue weighted by molar-refractivity contribution is 0.0638. The second kappa shape index (κ2) is 9.45. The highest BCUT2D eigenvalue weighted by Gasteiger charge is 2.43. The van der Waals surface area contributed by atoms with Crippen LogP contribution in [0.5, 0.6) is 5.75 Å². The van der Waals surface area contributed by atoms with Crippen LogP contribution < -0.4 is 10.1 Å². The van der Waals surface area contributed by atoms with Gasteiger partial charge in [0, 0.05) is 31.7 Å². The van der Waals surface area contributed by atoms with Crippen molar-refractivity contribution in [3.63, 3.8) is 0 Å². The van der Waals surface area contributed by atoms with Gasteiger partial charge in [0.25, 0.3) is 0 Å². The van der Waals surface area contributed by atoms with Crippen molar-refractivity contribution >= 4 is 0 Å². The number of fused-ring (bicyclic) bond motifs is 1. The van der Waals surface area contributed by atoms with Gasteiger partial charge in [-0.3, -0.25) is 4.90 Å². The molecule has 1 heterocycles. The van der Waals surface area contributed by atoms with Crippen LogP contribution in [0.1, 0.15) is 35.1 Å². The summed E-state index contributed by atoms with van der Waals surface area (Å²) < 4.78 is 5.86. The van der Waals surface area contributed by atoms with Crippen molar-refractivity contribution in [3.8, 4) is 5.75 Å². The fourth-order valence-corrected chi connectivity index (χ4v) is 4.68. The van der Waals surface area contributed by atoms with Crippen molar-refractivity contribution in [2.45, 2.75) is 44.0 Å². The number of nitrogens with one attached hydrogen (secondary N) is 1. The van der Waals surface area contributed by atoms with Crippen LogP contribution in [-0.4, -0.2) is 35.8 Å². The first-order chi connectivity index (χ1) is 15.7. The molecule has 1 fully saturated rings. The molecule has 0 radical (unpaired) electrons. The fourth-order valence-electron chi connectivity index (χ4n) is 4.68. The molecule has 1 aliphatic carbocycles. The molecule has 0 saturated heterocycles. The van der Waals surface area contributed by atoms with Crippen LogP contribution in [0.3, 0.4) is 0 Å². The number of nitrogens with zero attached hydrogens (tertiary/aromatic N) is 1. The van der Waals surface area contributed by atoms with E-state index < -0.39 is 6.10 Å². The van der Waals surface area contributed by atoms with Crippen molar-refractivity contribution in [2.75, 3.05) is 19.7 Å². The lowest BCUT2D eigenvalue weighted by Crippen LogP contribution is -2.38. The SMILES string of the molecule is OC(COc1ccc(CNC2(c3ccccc3)CC2)cc1)CN1CCc2ccccc2C1. The number of aliphatic hydroxyl groups excluding tert-OH is 1. The van der Waals surface area contributed by atoms with Gasteiger partial charge in [0.2, 0.25) is 0 Å². The molecule has 1 saturated carbocycles. The normalized spacial score (nSPS) is 18.0. The third-order valence-corrected chi connectivity index (χ3v) is 6.75. The molecule has 0 spiro atoms. The number of hydrogen-bond acceptors (Lipinski definition) is 4. The van der Waals surface area contributed by atoms with Gasteiger partial charge in [-0.05, 0) is 53.6 Å². The molecular formula is C28H32N2O2. The first-order valence-corrected chi connectivity index (χ1v) is 11.7. The molecule has 1 unspecified atom stereocenters. The Balaban J connectivity index is 1.07. The molecule has 3 aromatic carbocycles. The molecule has 4 heteroatoms. The lowest BCUT2D eigenvalue weighted by Gasteiger charge is -2.30. The maximum Gasteiger partial charge on any atom is 0.119 e. The summed E-state index contributed by atoms with van der Waals surface area (Å²) in [6, 6.07) is 27.5. The van der Waals surface area contributed by atoms with Gasteiger partial charge in [-0.25, -0.2) is 0 Å². The molecule has 0 amide bonds. The highest BCUT2D eigenvalue weighted by Crippen LogP contribution is 2.45. The number of aliphatic hydroxyl groups is 1. The minimum atomic E-state index is -0.498. The van der Waals surface area contributed by atoms with E-state index in [4.69, 9.17) is 4.74 Å². The van der Waals surface area contributed by atoms with Crippen LogP contribution >= 0.6 is 0 Å². The van der Waals surface area contributed by atoms with Gasteiger partial charge in [0.15, 0.2) is 0 Å². The van der Waals surface area contributed by atoms with E-state index >= 15 is 0 Å². The molecule has 0 bridgehead atoms. The molecule has 5 rings (SSSR count). The second-order valence-corrected chi connectivity index (χ2v) is 9.16. The second-order valence-electron chi connectivity index (χ2n) is 9.16. The van der Waals surface area contributed by atoms with Crippen molar-refractivity contribution in [1.29, 1.82) is 0 Å². The predicted molar refractivity (Wildman–Crippen MR) is 128 cm³/mol. The van der Waals surface area contributed by atoms with Crippen LogP contribution in [0, 0.1) is 0 Å². The van der Waals surface area contributed by atoms with Crippen LogP contribution in [-0.2, 0) is 25.0 Å². The average molecular weight is 429 g/mol. The smallest absolute Gasteiger partial charge is 0.119 e. The topological polar surface area (TPSA) is 44.7 Å². The number of hydrogen-bond donors (Lipinski definition) is 2. The fraction of sp³-hybridized carbons (Fsp3) is 0.357. The summed E-state index contributed by atoms with van der Waals surface area (Å²) in [6.07, 6.45) is 2.93. The molecule has 1 aliphatic heterocycles. The van der Waals surface area contributed by atoms with Crippen molar-refractivity contribution in [1.82, 2.24) is 10.2 Å². The number of ether oxygens (including phenoxy) is 1. The highest BCUT2D eigenvalue weighted by atomic mass is 16.5. The largest absolute Gasteiger partial charge is 0.491 e. The van der Waals surface area contributed by atoms with Crippen molar-refractivity contribution in [2.24, 2.45) is 0 Å². The first-order valence-electron chi connectivity index (χ1n) is 11.7. The molecule has 3 aromatic rings. The van der Waals surface area contributed by atoms with Gasteiger partial charge in [0.1, 0.15) is 18.5 Å². The number of rotatable bonds is 9. The van der Waals surface area contributed by atoms with Gasteiger partial charge in [-0.15, -0.1) is 0 Å². The summed E-state index contributed by atoms with van der Waals surface area (Å²) >= 11 is 0. The van der Waals surface area contributed by atoms with Crippen LogP contribution in [0.25, 0.3) is 0 Å². The van der Waals surface area contributed by atoms with E-state index in [0.717, 1.165) is 31.8 Å². The summed E-state index contributed by atoms with van der Waals surface area (Å²) in [4.78, 5) is 2.31. The third-order valence-electron chi connectivity index (χ3n) is 6.75. The molecule has 1 atom stereocenters. The van der Waals surface area contributed by atoms with Crippen LogP contribution in [0.15, 0.2) is 78.9 Å². The quantitative estimate of drug-likeness (QED) is 0.534. The van der Waals surface area contributed by atoms with E-state index in [1.165, 1.54) is 35.1 Å². The average Bonchev–Trinajstić information content (AvgIpc) is 3.64. The van der Waals surface area contributed by atoms with Gasteiger partial charge in [-0.2, -0.15) is 0 Å². The minimum Gasteiger partial charge on any atom is -0.491 e. The van der Waals surface area contributed by atoms with Crippen LogP contribution in [0.4, 0.5) is 0 Å². The molecular weight excluding hydrogens is 396 g/mol. The Morgan fingerprint density at radius 2 is 1.62 bits per heavy atom. The molecule has 32 heavy (non-hydrogen) atoms. The minimum absolute atomic E-state index is 0.148. The Morgan fingerprint density at radius 1 is 0.906 bits per heavy atom. The van der Waals surface area contributed by atoms with E-state index in [-0.39, 0.29) is 5.54 Å².